The molecule has 2 aromatic carbocycles. The van der Waals surface area contributed by atoms with Crippen LogP contribution in [0.2, 0.25) is 5.02 Å². The number of halogens is 3. The molecule has 0 amide bonds. The van der Waals surface area contributed by atoms with Gasteiger partial charge in [-0.15, -0.1) is 5.10 Å². The fourth-order valence-corrected chi connectivity index (χ4v) is 4.87. The maximum atomic E-state index is 13.6. The summed E-state index contributed by atoms with van der Waals surface area (Å²) in [5.41, 5.74) is -0.188. The zero-order chi connectivity index (χ0) is 23.7. The van der Waals surface area contributed by atoms with E-state index in [4.69, 9.17) is 21.6 Å². The molecule has 172 valence electrons. The van der Waals surface area contributed by atoms with Crippen LogP contribution in [-0.2, 0) is 4.74 Å². The van der Waals surface area contributed by atoms with Gasteiger partial charge < -0.3 is 20.1 Å². The van der Waals surface area contributed by atoms with Gasteiger partial charge in [-0.25, -0.2) is 13.5 Å². The average Bonchev–Trinajstić information content (AvgIpc) is 3.27. The molecular weight excluding hydrogens is 478 g/mol. The fourth-order valence-electron chi connectivity index (χ4n) is 3.48. The van der Waals surface area contributed by atoms with Gasteiger partial charge in [0.25, 0.3) is 0 Å². The van der Waals surface area contributed by atoms with Crippen LogP contribution >= 0.6 is 23.4 Å². The number of nitriles is 1. The SMILES string of the molecule is N#Cc1ccc(SC2OC(CO)C(O)C(n3cc(-c4ccc(F)c(F)c4)nn3)C2O)cc1Cl. The number of benzene rings is 2. The lowest BCUT2D eigenvalue weighted by molar-refractivity contribution is -0.178. The molecule has 3 N–H and O–H groups in total. The number of ether oxygens (including phenoxy) is 1. The third kappa shape index (κ3) is 4.72. The lowest BCUT2D eigenvalue weighted by atomic mass is 9.97. The lowest BCUT2D eigenvalue weighted by Gasteiger charge is -2.41. The molecule has 33 heavy (non-hydrogen) atoms. The smallest absolute Gasteiger partial charge is 0.159 e. The molecule has 1 aromatic heterocycles. The van der Waals surface area contributed by atoms with Crippen LogP contribution < -0.4 is 0 Å². The van der Waals surface area contributed by atoms with E-state index in [0.29, 0.717) is 10.5 Å². The highest BCUT2D eigenvalue weighted by molar-refractivity contribution is 7.99. The molecule has 1 aliphatic rings. The van der Waals surface area contributed by atoms with Gasteiger partial charge in [0.2, 0.25) is 0 Å². The van der Waals surface area contributed by atoms with E-state index in [9.17, 15) is 24.1 Å². The Morgan fingerprint density at radius 2 is 1.94 bits per heavy atom. The number of rotatable bonds is 5. The second-order valence-electron chi connectivity index (χ2n) is 7.28. The van der Waals surface area contributed by atoms with E-state index < -0.39 is 48.0 Å². The number of aliphatic hydroxyl groups excluding tert-OH is 3. The van der Waals surface area contributed by atoms with Crippen molar-refractivity contribution in [1.82, 2.24) is 15.0 Å². The average molecular weight is 495 g/mol. The largest absolute Gasteiger partial charge is 0.394 e. The van der Waals surface area contributed by atoms with Crippen LogP contribution in [0.25, 0.3) is 11.3 Å². The Labute approximate surface area is 196 Å². The summed E-state index contributed by atoms with van der Waals surface area (Å²) >= 11 is 7.17. The molecule has 2 heterocycles. The Kier molecular flexibility index (Phi) is 6.94. The van der Waals surface area contributed by atoms with Crippen molar-refractivity contribution in [3.8, 4) is 17.3 Å². The summed E-state index contributed by atoms with van der Waals surface area (Å²) in [5, 5.41) is 48.5. The van der Waals surface area contributed by atoms with Gasteiger partial charge in [0.1, 0.15) is 41.6 Å². The third-order valence-corrected chi connectivity index (χ3v) is 6.65. The van der Waals surface area contributed by atoms with E-state index in [1.54, 1.807) is 12.1 Å². The van der Waals surface area contributed by atoms with Crippen molar-refractivity contribution in [2.24, 2.45) is 0 Å². The maximum absolute atomic E-state index is 13.6. The van der Waals surface area contributed by atoms with Gasteiger partial charge in [0, 0.05) is 10.5 Å². The molecule has 0 aliphatic carbocycles. The van der Waals surface area contributed by atoms with Crippen molar-refractivity contribution < 1.29 is 28.8 Å². The first-order valence-electron chi connectivity index (χ1n) is 9.68. The highest BCUT2D eigenvalue weighted by Gasteiger charge is 2.46. The summed E-state index contributed by atoms with van der Waals surface area (Å²) < 4.78 is 33.7. The van der Waals surface area contributed by atoms with Gasteiger partial charge in [0.15, 0.2) is 11.6 Å². The molecule has 4 rings (SSSR count). The number of thioether (sulfide) groups is 1. The van der Waals surface area contributed by atoms with Crippen LogP contribution in [0, 0.1) is 23.0 Å². The van der Waals surface area contributed by atoms with Crippen molar-refractivity contribution in [2.75, 3.05) is 6.61 Å². The minimum Gasteiger partial charge on any atom is -0.394 e. The summed E-state index contributed by atoms with van der Waals surface area (Å²) in [5.74, 6) is -2.05. The summed E-state index contributed by atoms with van der Waals surface area (Å²) in [6, 6.07) is 8.85. The predicted octanol–water partition coefficient (Wildman–Crippen LogP) is 2.52. The molecule has 1 fully saturated rings. The highest BCUT2D eigenvalue weighted by Crippen LogP contribution is 2.39. The molecule has 5 atom stereocenters. The van der Waals surface area contributed by atoms with Crippen LogP contribution in [0.3, 0.4) is 0 Å². The van der Waals surface area contributed by atoms with Crippen LogP contribution in [0.5, 0.6) is 0 Å². The minimum atomic E-state index is -1.34. The standard InChI is InChI=1S/C21H17ClF2N4O4S/c22-13-6-12(3-1-11(13)7-25)33-21-20(31)18(19(30)17(9-29)32-21)28-8-16(26-27-28)10-2-4-14(23)15(24)5-10/h1-6,8,17-21,29-31H,9H2. The lowest BCUT2D eigenvalue weighted by Crippen LogP contribution is -2.55. The van der Waals surface area contributed by atoms with Crippen molar-refractivity contribution in [3.63, 3.8) is 0 Å². The van der Waals surface area contributed by atoms with Crippen LogP contribution in [0.4, 0.5) is 8.78 Å². The highest BCUT2D eigenvalue weighted by atomic mass is 35.5. The summed E-state index contributed by atoms with van der Waals surface area (Å²) in [7, 11) is 0. The van der Waals surface area contributed by atoms with E-state index >= 15 is 0 Å². The van der Waals surface area contributed by atoms with E-state index in [1.807, 2.05) is 6.07 Å². The Morgan fingerprint density at radius 3 is 2.61 bits per heavy atom. The van der Waals surface area contributed by atoms with Gasteiger partial charge in [-0.3, -0.25) is 0 Å². The molecule has 12 heteroatoms. The number of aliphatic hydroxyl groups is 3. The zero-order valence-corrected chi connectivity index (χ0v) is 18.3. The van der Waals surface area contributed by atoms with Crippen LogP contribution in [-0.4, -0.2) is 60.7 Å². The first-order chi connectivity index (χ1) is 15.8. The molecule has 1 saturated heterocycles. The first kappa shape index (κ1) is 23.6. The number of nitrogens with zero attached hydrogens (tertiary/aromatic N) is 4. The molecule has 0 spiro atoms. The Balaban J connectivity index is 1.62. The topological polar surface area (TPSA) is 124 Å². The second kappa shape index (κ2) is 9.72. The number of hydrogen-bond acceptors (Lipinski definition) is 8. The monoisotopic (exact) mass is 494 g/mol. The molecular formula is C21H17ClF2N4O4S. The van der Waals surface area contributed by atoms with Gasteiger partial charge in [0.05, 0.1) is 23.4 Å². The minimum absolute atomic E-state index is 0.198. The number of hydrogen-bond donors (Lipinski definition) is 3. The maximum Gasteiger partial charge on any atom is 0.159 e. The molecule has 0 saturated carbocycles. The van der Waals surface area contributed by atoms with Crippen LogP contribution in [0.15, 0.2) is 47.5 Å². The summed E-state index contributed by atoms with van der Waals surface area (Å²) in [6.45, 7) is -0.527. The van der Waals surface area contributed by atoms with Crippen molar-refractivity contribution in [1.29, 1.82) is 5.26 Å². The second-order valence-corrected chi connectivity index (χ2v) is 8.86. The Hall–Kier alpha value is -2.59. The van der Waals surface area contributed by atoms with Crippen molar-refractivity contribution in [3.05, 3.63) is 64.8 Å². The molecule has 1 aliphatic heterocycles. The van der Waals surface area contributed by atoms with Gasteiger partial charge >= 0.3 is 0 Å². The van der Waals surface area contributed by atoms with Crippen LogP contribution in [0.1, 0.15) is 11.6 Å². The summed E-state index contributed by atoms with van der Waals surface area (Å²) in [6.07, 6.45) is -2.31. The fraction of sp³-hybridized carbons (Fsp3) is 0.286. The number of aromatic nitrogens is 3. The molecule has 8 nitrogen and oxygen atoms in total. The molecule has 5 unspecified atom stereocenters. The van der Waals surface area contributed by atoms with Gasteiger partial charge in [-0.05, 0) is 36.4 Å². The van der Waals surface area contributed by atoms with Crippen molar-refractivity contribution >= 4 is 23.4 Å². The quantitative estimate of drug-likeness (QED) is 0.494. The van der Waals surface area contributed by atoms with Crippen molar-refractivity contribution in [2.45, 2.75) is 34.7 Å². The van der Waals surface area contributed by atoms with E-state index in [2.05, 4.69) is 10.3 Å². The normalized spacial score (nSPS) is 25.1. The predicted molar refractivity (Wildman–Crippen MR) is 114 cm³/mol. The Bertz CT molecular complexity index is 1210. The first-order valence-corrected chi connectivity index (χ1v) is 10.9. The van der Waals surface area contributed by atoms with Gasteiger partial charge in [-0.1, -0.05) is 28.6 Å². The molecule has 0 bridgehead atoms. The molecule has 3 aromatic rings. The molecule has 0 radical (unpaired) electrons. The zero-order valence-electron chi connectivity index (χ0n) is 16.7. The van der Waals surface area contributed by atoms with Gasteiger partial charge in [-0.2, -0.15) is 5.26 Å². The van der Waals surface area contributed by atoms with E-state index in [1.165, 1.54) is 23.0 Å². The Morgan fingerprint density at radius 1 is 1.15 bits per heavy atom. The third-order valence-electron chi connectivity index (χ3n) is 5.19. The summed E-state index contributed by atoms with van der Waals surface area (Å²) in [4.78, 5) is 0.593. The van der Waals surface area contributed by atoms with E-state index in [0.717, 1.165) is 23.9 Å². The van der Waals surface area contributed by atoms with E-state index in [-0.39, 0.29) is 16.3 Å².